The maximum absolute atomic E-state index is 14.8. The Bertz CT molecular complexity index is 4590. The van der Waals surface area contributed by atoms with Gasteiger partial charge in [0.25, 0.3) is 0 Å². The SMILES string of the molecule is CCC(C)C(NC(=O)C(C)(C)NC(=O)C(CCC(N)=O)NC(=O)C(NC(=O)C(Cc1c[nH]c2ccccc12)NC(C)=O)C(C)C)C(=O)N[C@H](C(=O)NC(C)(C)C(=O)NC(CC(C)C)C(=O)NC(C)(C)C(=O)N1CC(O)CC1C(=O)NC(CCC(N)=O)C(=O)NC(C)(C)C(=O)N1CC(O)CC1C(=O)NC(C)(C)C(=O)N1CCCC1C(=O)NC(CO)Cc1ccccc1)[C@@H](C)O. The fourth-order valence-electron chi connectivity index (χ4n) is 15.6. The summed E-state index contributed by atoms with van der Waals surface area (Å²) < 4.78 is 0. The normalized spacial score (nSPS) is 19.0. The number of carbonyl (C=O) groups is 18. The van der Waals surface area contributed by atoms with Crippen LogP contribution in [0.2, 0.25) is 0 Å². The van der Waals surface area contributed by atoms with Gasteiger partial charge in [0.05, 0.1) is 31.0 Å². The summed E-state index contributed by atoms with van der Waals surface area (Å²) in [7, 11) is 0. The maximum Gasteiger partial charge on any atom is 0.248 e. The lowest BCUT2D eigenvalue weighted by Gasteiger charge is -2.37. The first-order valence-corrected chi connectivity index (χ1v) is 43.7. The molecule has 0 spiro atoms. The molecule has 13 unspecified atom stereocenters. The second-order valence-corrected chi connectivity index (χ2v) is 37.4. The predicted molar refractivity (Wildman–Crippen MR) is 471 cm³/mol. The molecule has 22 N–H and O–H groups in total. The van der Waals surface area contributed by atoms with Gasteiger partial charge in [-0.15, -0.1) is 0 Å². The van der Waals surface area contributed by atoms with Crippen molar-refractivity contribution in [1.82, 2.24) is 88.8 Å². The van der Waals surface area contributed by atoms with E-state index in [2.05, 4.69) is 74.1 Å². The van der Waals surface area contributed by atoms with E-state index in [-0.39, 0.29) is 51.2 Å². The van der Waals surface area contributed by atoms with Gasteiger partial charge in [0.15, 0.2) is 0 Å². The molecule has 6 rings (SSSR count). The highest BCUT2D eigenvalue weighted by atomic mass is 16.3. The van der Waals surface area contributed by atoms with E-state index in [1.54, 1.807) is 47.7 Å². The number of benzene rings is 2. The molecule has 4 heterocycles. The molecular formula is C88H135N19O22. The number of para-hydroxylation sites is 1. The summed E-state index contributed by atoms with van der Waals surface area (Å²) in [6.07, 6.45) is -3.83. The Balaban J connectivity index is 1.08. The molecule has 41 heteroatoms. The third-order valence-electron chi connectivity index (χ3n) is 23.1. The van der Waals surface area contributed by atoms with Crippen LogP contribution in [0.4, 0.5) is 0 Å². The van der Waals surface area contributed by atoms with E-state index in [9.17, 15) is 107 Å². The molecule has 3 fully saturated rings. The Morgan fingerprint density at radius 2 is 0.946 bits per heavy atom. The number of hydrogen-bond donors (Lipinski definition) is 20. The summed E-state index contributed by atoms with van der Waals surface area (Å²) >= 11 is 0. The van der Waals surface area contributed by atoms with Gasteiger partial charge in [0, 0.05) is 75.8 Å². The second kappa shape index (κ2) is 45.5. The Hall–Kier alpha value is -11.7. The van der Waals surface area contributed by atoms with Crippen LogP contribution in [0, 0.1) is 17.8 Å². The molecule has 0 bridgehead atoms. The molecule has 714 valence electrons. The molecule has 0 saturated carbocycles. The van der Waals surface area contributed by atoms with Crippen molar-refractivity contribution in [3.63, 3.8) is 0 Å². The number of hydrogen-bond acceptors (Lipinski definition) is 22. The number of primary amides is 2. The summed E-state index contributed by atoms with van der Waals surface area (Å²) in [5.41, 5.74) is 3.88. The first-order valence-electron chi connectivity index (χ1n) is 43.7. The lowest BCUT2D eigenvalue weighted by Crippen LogP contribution is -2.66. The number of carbonyl (C=O) groups excluding carboxylic acids is 18. The zero-order valence-corrected chi connectivity index (χ0v) is 77.0. The smallest absolute Gasteiger partial charge is 0.248 e. The van der Waals surface area contributed by atoms with Gasteiger partial charge < -0.3 is 121 Å². The van der Waals surface area contributed by atoms with Crippen LogP contribution in [-0.2, 0) is 99.1 Å². The molecule has 0 radical (unpaired) electrons. The molecule has 18 amide bonds. The number of likely N-dealkylation sites (tertiary alicyclic amines) is 3. The molecule has 41 nitrogen and oxygen atoms in total. The lowest BCUT2D eigenvalue weighted by molar-refractivity contribution is -0.148. The number of nitrogens with two attached hydrogens (primary N) is 2. The van der Waals surface area contributed by atoms with Crippen LogP contribution in [0.5, 0.6) is 0 Å². The van der Waals surface area contributed by atoms with Crippen molar-refractivity contribution in [1.29, 1.82) is 0 Å². The number of aliphatic hydroxyl groups excluding tert-OH is 4. The largest absolute Gasteiger partial charge is 0.394 e. The molecule has 3 aliphatic rings. The number of amides is 18. The average Bonchev–Trinajstić information content (AvgIpc) is 1.58. The number of nitrogens with zero attached hydrogens (tertiary/aromatic N) is 3. The molecule has 3 aliphatic heterocycles. The van der Waals surface area contributed by atoms with Crippen LogP contribution in [0.1, 0.15) is 200 Å². The minimum Gasteiger partial charge on any atom is -0.394 e. The van der Waals surface area contributed by atoms with E-state index >= 15 is 0 Å². The van der Waals surface area contributed by atoms with E-state index in [0.717, 1.165) is 33.2 Å². The monoisotopic (exact) mass is 1810 g/mol. The van der Waals surface area contributed by atoms with Crippen molar-refractivity contribution in [2.45, 2.75) is 314 Å². The topological polar surface area (TPSA) is 622 Å². The number of fused-ring (bicyclic) bond motifs is 1. The van der Waals surface area contributed by atoms with Crippen LogP contribution < -0.4 is 80.6 Å². The average molecular weight is 1810 g/mol. The van der Waals surface area contributed by atoms with Crippen molar-refractivity contribution in [3.05, 3.63) is 71.9 Å². The zero-order valence-electron chi connectivity index (χ0n) is 77.0. The van der Waals surface area contributed by atoms with Crippen LogP contribution in [0.25, 0.3) is 10.9 Å². The number of aliphatic hydroxyl groups is 4. The summed E-state index contributed by atoms with van der Waals surface area (Å²) in [5.74, 6) is -17.4. The van der Waals surface area contributed by atoms with Gasteiger partial charge in [0.2, 0.25) is 106 Å². The van der Waals surface area contributed by atoms with Crippen LogP contribution in [0.3, 0.4) is 0 Å². The molecule has 3 saturated heterocycles. The molecule has 2 aromatic carbocycles. The summed E-state index contributed by atoms with van der Waals surface area (Å²) in [5, 5.41) is 77.9. The number of rotatable bonds is 45. The summed E-state index contributed by atoms with van der Waals surface area (Å²) in [6, 6.07) is 1.44. The maximum atomic E-state index is 14.8. The Kier molecular flexibility index (Phi) is 37.4. The minimum absolute atomic E-state index is 0.0292. The van der Waals surface area contributed by atoms with E-state index in [1.165, 1.54) is 81.1 Å². The number of nitrogens with one attached hydrogen (secondary N) is 14. The fourth-order valence-corrected chi connectivity index (χ4v) is 15.6. The second-order valence-electron chi connectivity index (χ2n) is 37.4. The van der Waals surface area contributed by atoms with Crippen LogP contribution >= 0.6 is 0 Å². The van der Waals surface area contributed by atoms with E-state index in [1.807, 2.05) is 54.6 Å². The van der Waals surface area contributed by atoms with Gasteiger partial charge in [-0.1, -0.05) is 96.5 Å². The first-order chi connectivity index (χ1) is 60.0. The lowest BCUT2D eigenvalue weighted by atomic mass is 9.95. The van der Waals surface area contributed by atoms with Crippen LogP contribution in [0.15, 0.2) is 60.8 Å². The molecule has 3 aromatic rings. The van der Waals surface area contributed by atoms with Crippen molar-refractivity contribution in [2.75, 3.05) is 26.2 Å². The number of aromatic nitrogens is 1. The zero-order chi connectivity index (χ0) is 97.0. The highest BCUT2D eigenvalue weighted by Gasteiger charge is 2.51. The van der Waals surface area contributed by atoms with Gasteiger partial charge in [-0.2, -0.15) is 0 Å². The quantitative estimate of drug-likeness (QED) is 0.0266. The Labute approximate surface area is 751 Å². The standard InChI is InChI=1S/C88H135N19O22/c1-19-47(6)67(99-80(126)85(11,12)100-70(116)58(32-34-65(90)114)95-76(122)66(46(4)5)97-69(115)60(92-49(8)110)38-51-41-91-56-29-24-23-28-55(51)56)77(123)98-68(48(7)109)78(124)104-84(9,10)79(125)96-59(36-45(2)3)72(118)102-88(17,18)82(128)106-42-53(111)39-62(106)74(120)94-57(31-33-64(89)113)71(117)101-87(15,16)83(129)107-43-54(112)40-63(107)75(121)103-86(13,14)81(127)105-35-25-30-61(105)73(119)93-52(44-108)37-50-26-21-20-22-27-50/h20-24,26-29,41,45-48,52-54,57-63,66-68,91,108-109,111-112H,19,25,30-40,42-44H2,1-18H3,(H2,89,113)(H2,90,114)(H,92,110)(H,93,119)(H,94,120)(H,95,122)(H,96,125)(H,97,115)(H,98,123)(H,99,126)(H,100,116)(H,101,117)(H,102,118)(H,103,121)(H,104,124)/t47?,48-,52?,53?,54?,57?,58?,59?,60?,61?,62?,63?,66?,67?,68+/m1/s1. The number of aromatic amines is 1. The first kappa shape index (κ1) is 106. The van der Waals surface area contributed by atoms with E-state index < -0.39 is 269 Å². The van der Waals surface area contributed by atoms with Gasteiger partial charge in [-0.25, -0.2) is 0 Å². The third-order valence-corrected chi connectivity index (χ3v) is 23.1. The van der Waals surface area contributed by atoms with Crippen molar-refractivity contribution >= 4 is 117 Å². The third kappa shape index (κ3) is 29.4. The fraction of sp³-hybridized carbons (Fsp3) is 0.636. The Morgan fingerprint density at radius 1 is 0.481 bits per heavy atom. The van der Waals surface area contributed by atoms with Crippen molar-refractivity contribution in [2.24, 2.45) is 29.2 Å². The van der Waals surface area contributed by atoms with Gasteiger partial charge in [0.1, 0.15) is 88.1 Å². The molecule has 1 aromatic heterocycles. The van der Waals surface area contributed by atoms with Crippen LogP contribution in [-0.4, -0.2) is 285 Å². The molecule has 15 atom stereocenters. The number of H-pyrrole nitrogens is 1. The van der Waals surface area contributed by atoms with Crippen molar-refractivity contribution < 1.29 is 107 Å². The summed E-state index contributed by atoms with van der Waals surface area (Å²) in [6.45, 7) is 24.3. The highest BCUT2D eigenvalue weighted by molar-refractivity contribution is 6.04. The predicted octanol–water partition coefficient (Wildman–Crippen LogP) is -3.11. The number of β-amino-alcohol motifs (C(OH)–C–C–N with tert-alkyl or cyclic N) is 2. The van der Waals surface area contributed by atoms with Gasteiger partial charge >= 0.3 is 0 Å². The molecule has 129 heavy (non-hydrogen) atoms. The minimum atomic E-state index is -1.97. The van der Waals surface area contributed by atoms with E-state index in [0.29, 0.717) is 24.8 Å². The van der Waals surface area contributed by atoms with Gasteiger partial charge in [-0.05, 0) is 150 Å². The molecule has 0 aliphatic carbocycles. The Morgan fingerprint density at radius 3 is 1.46 bits per heavy atom. The van der Waals surface area contributed by atoms with E-state index in [4.69, 9.17) is 11.5 Å². The summed E-state index contributed by atoms with van der Waals surface area (Å²) in [4.78, 5) is 258. The highest BCUT2D eigenvalue weighted by Crippen LogP contribution is 2.29. The van der Waals surface area contributed by atoms with Gasteiger partial charge in [-0.3, -0.25) is 86.3 Å². The van der Waals surface area contributed by atoms with Crippen molar-refractivity contribution in [3.8, 4) is 0 Å². The molecular weight excluding hydrogens is 1680 g/mol.